The van der Waals surface area contributed by atoms with Gasteiger partial charge in [0.1, 0.15) is 5.52 Å². The number of hydrogen-bond acceptors (Lipinski definition) is 4. The van der Waals surface area contributed by atoms with Crippen LogP contribution in [0.3, 0.4) is 0 Å². The molecule has 0 bridgehead atoms. The molecule has 0 aliphatic rings. The van der Waals surface area contributed by atoms with Crippen LogP contribution in [0.1, 0.15) is 13.8 Å². The third kappa shape index (κ3) is 2.33. The van der Waals surface area contributed by atoms with E-state index in [0.717, 1.165) is 21.2 Å². The van der Waals surface area contributed by atoms with Gasteiger partial charge in [-0.3, -0.25) is 9.97 Å². The van der Waals surface area contributed by atoms with Gasteiger partial charge in [-0.05, 0) is 41.9 Å². The number of rotatable bonds is 3. The Kier molecular flexibility index (Phi) is 3.54. The maximum absolute atomic E-state index is 9.46. The van der Waals surface area contributed by atoms with Crippen molar-refractivity contribution in [3.05, 3.63) is 29.0 Å². The molecular formula is C13H16BrN3O. The summed E-state index contributed by atoms with van der Waals surface area (Å²) in [5, 5.41) is 9.46. The summed E-state index contributed by atoms with van der Waals surface area (Å²) in [6, 6.07) is 3.85. The van der Waals surface area contributed by atoms with Crippen LogP contribution in [0, 0.1) is 0 Å². The average Bonchev–Trinajstić information content (AvgIpc) is 2.36. The second-order valence-corrected chi connectivity index (χ2v) is 5.80. The Labute approximate surface area is 115 Å². The van der Waals surface area contributed by atoms with Gasteiger partial charge in [-0.2, -0.15) is 0 Å². The summed E-state index contributed by atoms with van der Waals surface area (Å²) in [6.07, 6.45) is 3.52. The Morgan fingerprint density at radius 1 is 1.39 bits per heavy atom. The van der Waals surface area contributed by atoms with Gasteiger partial charge >= 0.3 is 0 Å². The van der Waals surface area contributed by atoms with Gasteiger partial charge in [-0.25, -0.2) is 0 Å². The van der Waals surface area contributed by atoms with Crippen LogP contribution >= 0.6 is 15.9 Å². The fourth-order valence-electron chi connectivity index (χ4n) is 1.69. The van der Waals surface area contributed by atoms with Crippen molar-refractivity contribution in [1.82, 2.24) is 9.97 Å². The van der Waals surface area contributed by atoms with E-state index in [-0.39, 0.29) is 12.1 Å². The van der Waals surface area contributed by atoms with Crippen LogP contribution < -0.4 is 4.90 Å². The number of aromatic nitrogens is 2. The first-order valence-electron chi connectivity index (χ1n) is 5.70. The van der Waals surface area contributed by atoms with Gasteiger partial charge < -0.3 is 10.0 Å². The second kappa shape index (κ2) is 4.82. The highest BCUT2D eigenvalue weighted by molar-refractivity contribution is 9.10. The van der Waals surface area contributed by atoms with Crippen molar-refractivity contribution < 1.29 is 5.11 Å². The van der Waals surface area contributed by atoms with Crippen LogP contribution in [0.2, 0.25) is 0 Å². The third-order valence-electron chi connectivity index (χ3n) is 3.18. The van der Waals surface area contributed by atoms with E-state index < -0.39 is 0 Å². The molecule has 1 N–H and O–H groups in total. The molecule has 2 aromatic rings. The summed E-state index contributed by atoms with van der Waals surface area (Å²) in [5.41, 5.74) is 2.29. The van der Waals surface area contributed by atoms with Crippen LogP contribution in [0.25, 0.3) is 11.0 Å². The summed E-state index contributed by atoms with van der Waals surface area (Å²) in [7, 11) is 1.95. The number of aliphatic hydroxyl groups excluding tert-OH is 1. The lowest BCUT2D eigenvalue weighted by Gasteiger charge is -2.36. The molecule has 0 atom stereocenters. The van der Waals surface area contributed by atoms with E-state index in [9.17, 15) is 5.11 Å². The lowest BCUT2D eigenvalue weighted by molar-refractivity contribution is 0.216. The number of halogens is 1. The normalized spacial score (nSPS) is 11.8. The lowest BCUT2D eigenvalue weighted by Crippen LogP contribution is -2.44. The molecular weight excluding hydrogens is 294 g/mol. The van der Waals surface area contributed by atoms with Crippen LogP contribution in [0.15, 0.2) is 29.0 Å². The number of pyridine rings is 2. The van der Waals surface area contributed by atoms with Gasteiger partial charge in [-0.1, -0.05) is 0 Å². The molecule has 0 saturated heterocycles. The smallest absolute Gasteiger partial charge is 0.112 e. The molecule has 4 nitrogen and oxygen atoms in total. The highest BCUT2D eigenvalue weighted by Crippen LogP contribution is 2.28. The van der Waals surface area contributed by atoms with Crippen molar-refractivity contribution in [2.24, 2.45) is 0 Å². The molecule has 5 heteroatoms. The maximum Gasteiger partial charge on any atom is 0.112 e. The fourth-order valence-corrected chi connectivity index (χ4v) is 2.01. The summed E-state index contributed by atoms with van der Waals surface area (Å²) in [5.74, 6) is 0. The van der Waals surface area contributed by atoms with Gasteiger partial charge in [0.05, 0.1) is 23.3 Å². The standard InChI is InChI=1S/C13H16BrN3O/c1-13(2,8-18)17(3)11-4-5-15-10-6-9(14)7-16-12(10)11/h4-7,18H,8H2,1-3H3. The van der Waals surface area contributed by atoms with Crippen molar-refractivity contribution in [1.29, 1.82) is 0 Å². The summed E-state index contributed by atoms with van der Waals surface area (Å²) >= 11 is 3.39. The number of fused-ring (bicyclic) bond motifs is 1. The molecule has 0 unspecified atom stereocenters. The van der Waals surface area contributed by atoms with E-state index in [1.54, 1.807) is 12.4 Å². The number of aliphatic hydroxyl groups is 1. The first-order chi connectivity index (χ1) is 8.45. The van der Waals surface area contributed by atoms with Crippen LogP contribution in [0.4, 0.5) is 5.69 Å². The van der Waals surface area contributed by atoms with Crippen molar-refractivity contribution in [3.63, 3.8) is 0 Å². The van der Waals surface area contributed by atoms with E-state index in [1.165, 1.54) is 0 Å². The third-order valence-corrected chi connectivity index (χ3v) is 3.61. The molecule has 0 aliphatic heterocycles. The molecule has 2 heterocycles. The highest BCUT2D eigenvalue weighted by Gasteiger charge is 2.24. The molecule has 0 aliphatic carbocycles. The zero-order valence-electron chi connectivity index (χ0n) is 10.7. The molecule has 2 aromatic heterocycles. The first kappa shape index (κ1) is 13.2. The first-order valence-corrected chi connectivity index (χ1v) is 6.50. The van der Waals surface area contributed by atoms with Crippen molar-refractivity contribution in [3.8, 4) is 0 Å². The Balaban J connectivity index is 2.58. The lowest BCUT2D eigenvalue weighted by atomic mass is 10.0. The molecule has 96 valence electrons. The monoisotopic (exact) mass is 309 g/mol. The Hall–Kier alpha value is -1.20. The largest absolute Gasteiger partial charge is 0.394 e. The van der Waals surface area contributed by atoms with Crippen molar-refractivity contribution in [2.75, 3.05) is 18.6 Å². The molecule has 0 fully saturated rings. The Morgan fingerprint density at radius 3 is 2.78 bits per heavy atom. The molecule has 2 rings (SSSR count). The van der Waals surface area contributed by atoms with Gasteiger partial charge in [0.25, 0.3) is 0 Å². The second-order valence-electron chi connectivity index (χ2n) is 4.88. The van der Waals surface area contributed by atoms with Gasteiger partial charge in [0.2, 0.25) is 0 Å². The minimum Gasteiger partial charge on any atom is -0.394 e. The Bertz CT molecular complexity index is 571. The van der Waals surface area contributed by atoms with E-state index in [2.05, 4.69) is 25.9 Å². The summed E-state index contributed by atoms with van der Waals surface area (Å²) in [6.45, 7) is 4.04. The van der Waals surface area contributed by atoms with Crippen LogP contribution in [0.5, 0.6) is 0 Å². The fraction of sp³-hybridized carbons (Fsp3) is 0.385. The summed E-state index contributed by atoms with van der Waals surface area (Å²) < 4.78 is 0.906. The highest BCUT2D eigenvalue weighted by atomic mass is 79.9. The van der Waals surface area contributed by atoms with Gasteiger partial charge in [-0.15, -0.1) is 0 Å². The van der Waals surface area contributed by atoms with E-state index in [1.807, 2.05) is 37.9 Å². The van der Waals surface area contributed by atoms with E-state index >= 15 is 0 Å². The SMILES string of the molecule is CN(c1ccnc2cc(Br)cnc12)C(C)(C)CO. The number of anilines is 1. The Morgan fingerprint density at radius 2 is 2.11 bits per heavy atom. The topological polar surface area (TPSA) is 49.2 Å². The molecule has 0 spiro atoms. The predicted molar refractivity (Wildman–Crippen MR) is 76.8 cm³/mol. The minimum absolute atomic E-state index is 0.0733. The molecule has 18 heavy (non-hydrogen) atoms. The van der Waals surface area contributed by atoms with Gasteiger partial charge in [0.15, 0.2) is 0 Å². The zero-order valence-corrected chi connectivity index (χ0v) is 12.3. The molecule has 0 saturated carbocycles. The number of likely N-dealkylation sites (N-methyl/N-ethyl adjacent to an activating group) is 1. The molecule has 0 radical (unpaired) electrons. The number of hydrogen-bond donors (Lipinski definition) is 1. The molecule has 0 aromatic carbocycles. The summed E-state index contributed by atoms with van der Waals surface area (Å²) in [4.78, 5) is 10.8. The van der Waals surface area contributed by atoms with Crippen LogP contribution in [-0.2, 0) is 0 Å². The van der Waals surface area contributed by atoms with Gasteiger partial charge in [0, 0.05) is 23.9 Å². The zero-order chi connectivity index (χ0) is 13.3. The quantitative estimate of drug-likeness (QED) is 0.947. The van der Waals surface area contributed by atoms with E-state index in [4.69, 9.17) is 0 Å². The van der Waals surface area contributed by atoms with Crippen molar-refractivity contribution in [2.45, 2.75) is 19.4 Å². The number of nitrogens with zero attached hydrogens (tertiary/aromatic N) is 3. The average molecular weight is 310 g/mol. The van der Waals surface area contributed by atoms with E-state index in [0.29, 0.717) is 0 Å². The van der Waals surface area contributed by atoms with Crippen molar-refractivity contribution >= 4 is 32.7 Å². The maximum atomic E-state index is 9.46. The predicted octanol–water partition coefficient (Wildman–Crippen LogP) is 2.60. The van der Waals surface area contributed by atoms with Crippen LogP contribution in [-0.4, -0.2) is 34.3 Å². The minimum atomic E-state index is -0.344. The molecule has 0 amide bonds.